The molecule has 0 aromatic heterocycles. The molecule has 6 nitrogen and oxygen atoms in total. The summed E-state index contributed by atoms with van der Waals surface area (Å²) in [4.78, 5) is 50.6. The number of carbonyl (C=O) groups is 4. The van der Waals surface area contributed by atoms with Gasteiger partial charge < -0.3 is 4.74 Å². The zero-order valence-corrected chi connectivity index (χ0v) is 17.3. The van der Waals surface area contributed by atoms with Gasteiger partial charge in [0.2, 0.25) is 0 Å². The molecule has 1 aliphatic heterocycles. The van der Waals surface area contributed by atoms with Crippen LogP contribution in [0.15, 0.2) is 42.5 Å². The molecule has 30 heavy (non-hydrogen) atoms. The van der Waals surface area contributed by atoms with Gasteiger partial charge >= 0.3 is 5.97 Å². The van der Waals surface area contributed by atoms with Crippen LogP contribution in [-0.4, -0.2) is 30.2 Å². The number of hydrogen-bond acceptors (Lipinski definition) is 5. The van der Waals surface area contributed by atoms with Gasteiger partial charge in [0, 0.05) is 5.56 Å². The number of nitrogens with zero attached hydrogens (tertiary/aromatic N) is 1. The van der Waals surface area contributed by atoms with Gasteiger partial charge in [0.25, 0.3) is 11.8 Å². The van der Waals surface area contributed by atoms with Crippen molar-refractivity contribution in [3.63, 3.8) is 0 Å². The Morgan fingerprint density at radius 1 is 0.867 bits per heavy atom. The fourth-order valence-corrected chi connectivity index (χ4v) is 3.42. The molecule has 0 spiro atoms. The van der Waals surface area contributed by atoms with E-state index in [0.717, 1.165) is 30.6 Å². The maximum Gasteiger partial charge on any atom is 0.338 e. The minimum Gasteiger partial charge on any atom is -0.462 e. The average Bonchev–Trinajstić information content (AvgIpc) is 3.00. The van der Waals surface area contributed by atoms with Crippen LogP contribution >= 0.6 is 0 Å². The van der Waals surface area contributed by atoms with Gasteiger partial charge in [0.15, 0.2) is 5.78 Å². The van der Waals surface area contributed by atoms with Gasteiger partial charge in [-0.1, -0.05) is 44.7 Å². The Labute approximate surface area is 175 Å². The molecule has 0 fully saturated rings. The monoisotopic (exact) mass is 407 g/mol. The molecule has 0 unspecified atom stereocenters. The van der Waals surface area contributed by atoms with Crippen LogP contribution in [0.25, 0.3) is 0 Å². The van der Waals surface area contributed by atoms with E-state index in [1.165, 1.54) is 37.6 Å². The summed E-state index contributed by atoms with van der Waals surface area (Å²) in [6.45, 7) is 3.89. The van der Waals surface area contributed by atoms with Crippen molar-refractivity contribution < 1.29 is 23.9 Å². The lowest BCUT2D eigenvalue weighted by atomic mass is 10.1. The van der Waals surface area contributed by atoms with Crippen LogP contribution in [0, 0.1) is 0 Å². The molecule has 2 aromatic carbocycles. The average molecular weight is 407 g/mol. The first-order chi connectivity index (χ1) is 14.4. The van der Waals surface area contributed by atoms with E-state index in [1.54, 1.807) is 18.2 Å². The topological polar surface area (TPSA) is 80.8 Å². The lowest BCUT2D eigenvalue weighted by Gasteiger charge is -2.14. The molecule has 0 atom stereocenters. The highest BCUT2D eigenvalue weighted by Gasteiger charge is 2.37. The molecule has 0 bridgehead atoms. The van der Waals surface area contributed by atoms with Crippen LogP contribution in [0.3, 0.4) is 0 Å². The second-order valence-electron chi connectivity index (χ2n) is 7.36. The van der Waals surface area contributed by atoms with E-state index < -0.39 is 17.8 Å². The second-order valence-corrected chi connectivity index (χ2v) is 7.36. The van der Waals surface area contributed by atoms with E-state index in [-0.39, 0.29) is 22.5 Å². The van der Waals surface area contributed by atoms with Crippen LogP contribution < -0.4 is 4.90 Å². The smallest absolute Gasteiger partial charge is 0.338 e. The molecule has 0 aliphatic carbocycles. The van der Waals surface area contributed by atoms with Gasteiger partial charge in [-0.05, 0) is 43.7 Å². The minimum absolute atomic E-state index is 0.158. The van der Waals surface area contributed by atoms with Crippen molar-refractivity contribution in [1.29, 1.82) is 0 Å². The van der Waals surface area contributed by atoms with Crippen molar-refractivity contribution in [2.75, 3.05) is 11.5 Å². The molecular weight excluding hydrogens is 382 g/mol. The number of benzene rings is 2. The van der Waals surface area contributed by atoms with Crippen LogP contribution in [0.1, 0.15) is 87.4 Å². The summed E-state index contributed by atoms with van der Waals surface area (Å²) in [6, 6.07) is 10.7. The van der Waals surface area contributed by atoms with E-state index in [4.69, 9.17) is 4.74 Å². The van der Waals surface area contributed by atoms with Crippen molar-refractivity contribution in [3.8, 4) is 0 Å². The number of ether oxygens (including phenoxy) is 1. The Morgan fingerprint density at radius 2 is 1.60 bits per heavy atom. The highest BCUT2D eigenvalue weighted by Crippen LogP contribution is 2.30. The van der Waals surface area contributed by atoms with Crippen molar-refractivity contribution in [3.05, 3.63) is 64.7 Å². The van der Waals surface area contributed by atoms with Gasteiger partial charge in [-0.15, -0.1) is 0 Å². The van der Waals surface area contributed by atoms with E-state index in [1.807, 2.05) is 0 Å². The quantitative estimate of drug-likeness (QED) is 0.258. The normalized spacial score (nSPS) is 12.8. The number of amides is 2. The maximum absolute atomic E-state index is 12.9. The molecule has 2 amide bonds. The first-order valence-corrected chi connectivity index (χ1v) is 10.2. The van der Waals surface area contributed by atoms with E-state index in [2.05, 4.69) is 6.92 Å². The molecule has 0 saturated carbocycles. The fraction of sp³-hybridized carbons (Fsp3) is 0.333. The number of rotatable bonds is 9. The summed E-state index contributed by atoms with van der Waals surface area (Å²) < 4.78 is 5.30. The Balaban J connectivity index is 1.73. The van der Waals surface area contributed by atoms with Gasteiger partial charge in [-0.3, -0.25) is 14.4 Å². The third-order valence-electron chi connectivity index (χ3n) is 5.11. The summed E-state index contributed by atoms with van der Waals surface area (Å²) in [5.74, 6) is -1.67. The standard InChI is InChI=1S/C24H25NO5/c1-3-4-5-6-7-13-30-24(29)18-11-12-20-21(15-18)23(28)25(22(20)27)19-10-8-9-17(14-19)16(2)26/h8-12,14-15H,3-7,13H2,1-2H3. The third-order valence-corrected chi connectivity index (χ3v) is 5.11. The van der Waals surface area contributed by atoms with Gasteiger partial charge in [-0.2, -0.15) is 0 Å². The third kappa shape index (κ3) is 4.48. The van der Waals surface area contributed by atoms with Crippen LogP contribution in [0.4, 0.5) is 5.69 Å². The summed E-state index contributed by atoms with van der Waals surface area (Å²) in [5, 5.41) is 0. The molecule has 3 rings (SSSR count). The summed E-state index contributed by atoms with van der Waals surface area (Å²) in [5.41, 5.74) is 1.36. The van der Waals surface area contributed by atoms with Crippen molar-refractivity contribution >= 4 is 29.3 Å². The first kappa shape index (κ1) is 21.4. The lowest BCUT2D eigenvalue weighted by Crippen LogP contribution is -2.29. The van der Waals surface area contributed by atoms with Gasteiger partial charge in [0.05, 0.1) is 29.0 Å². The number of ketones is 1. The first-order valence-electron chi connectivity index (χ1n) is 10.2. The summed E-state index contributed by atoms with van der Waals surface area (Å²) >= 11 is 0. The molecular formula is C24H25NO5. The second kappa shape index (κ2) is 9.48. The van der Waals surface area contributed by atoms with E-state index in [9.17, 15) is 19.2 Å². The number of hydrogen-bond donors (Lipinski definition) is 0. The van der Waals surface area contributed by atoms with Gasteiger partial charge in [-0.25, -0.2) is 9.69 Å². The highest BCUT2D eigenvalue weighted by atomic mass is 16.5. The minimum atomic E-state index is -0.523. The number of imide groups is 1. The Kier molecular flexibility index (Phi) is 6.77. The van der Waals surface area contributed by atoms with Crippen molar-refractivity contribution in [1.82, 2.24) is 0 Å². The lowest BCUT2D eigenvalue weighted by molar-refractivity contribution is 0.0497. The van der Waals surface area contributed by atoms with Crippen LogP contribution in [-0.2, 0) is 4.74 Å². The molecule has 0 saturated heterocycles. The van der Waals surface area contributed by atoms with E-state index >= 15 is 0 Å². The molecule has 1 aliphatic rings. The Morgan fingerprint density at radius 3 is 2.33 bits per heavy atom. The predicted molar refractivity (Wildman–Crippen MR) is 113 cm³/mol. The van der Waals surface area contributed by atoms with Gasteiger partial charge in [0.1, 0.15) is 0 Å². The Hall–Kier alpha value is -3.28. The highest BCUT2D eigenvalue weighted by molar-refractivity contribution is 6.34. The maximum atomic E-state index is 12.9. The largest absolute Gasteiger partial charge is 0.462 e. The summed E-state index contributed by atoms with van der Waals surface area (Å²) in [7, 11) is 0. The number of Topliss-reactive ketones (excluding diaryl/α,β-unsaturated/α-hetero) is 1. The zero-order valence-electron chi connectivity index (χ0n) is 17.3. The molecule has 0 radical (unpaired) electrons. The molecule has 6 heteroatoms. The van der Waals surface area contributed by atoms with Crippen molar-refractivity contribution in [2.24, 2.45) is 0 Å². The Bertz CT molecular complexity index is 995. The molecule has 156 valence electrons. The SMILES string of the molecule is CCCCCCCOC(=O)c1ccc2c(c1)C(=O)N(c1cccc(C(C)=O)c1)C2=O. The predicted octanol–water partition coefficient (Wildman–Crippen LogP) is 4.82. The summed E-state index contributed by atoms with van der Waals surface area (Å²) in [6.07, 6.45) is 5.24. The van der Waals surface area contributed by atoms with Crippen LogP contribution in [0.5, 0.6) is 0 Å². The molecule has 1 heterocycles. The van der Waals surface area contributed by atoms with E-state index in [0.29, 0.717) is 17.9 Å². The zero-order chi connectivity index (χ0) is 21.7. The fourth-order valence-electron chi connectivity index (χ4n) is 3.42. The number of carbonyl (C=O) groups excluding carboxylic acids is 4. The number of anilines is 1. The van der Waals surface area contributed by atoms with Crippen LogP contribution in [0.2, 0.25) is 0 Å². The number of fused-ring (bicyclic) bond motifs is 1. The molecule has 2 aromatic rings. The number of esters is 1. The number of unbranched alkanes of at least 4 members (excludes halogenated alkanes) is 4. The van der Waals surface area contributed by atoms with Crippen molar-refractivity contribution in [2.45, 2.75) is 46.0 Å². The molecule has 0 N–H and O–H groups in total.